The lowest BCUT2D eigenvalue weighted by Gasteiger charge is -2.24. The lowest BCUT2D eigenvalue weighted by Crippen LogP contribution is -2.56. The van der Waals surface area contributed by atoms with Crippen LogP contribution < -0.4 is 16.0 Å². The van der Waals surface area contributed by atoms with Crippen molar-refractivity contribution >= 4 is 68.9 Å². The van der Waals surface area contributed by atoms with Crippen LogP contribution in [-0.4, -0.2) is 76.1 Å². The van der Waals surface area contributed by atoms with Crippen LogP contribution in [0, 0.1) is 0 Å². The van der Waals surface area contributed by atoms with Gasteiger partial charge in [-0.1, -0.05) is 60.1 Å². The number of carbonyl (C=O) groups is 6. The number of carbonyl (C=O) groups excluding carboxylic acids is 4. The van der Waals surface area contributed by atoms with E-state index < -0.39 is 66.6 Å². The molecule has 0 bridgehead atoms. The average molecular weight is 651 g/mol. The minimum Gasteiger partial charge on any atom is -0.481 e. The number of aliphatic carboxylic acids is 2. The number of fused-ring (bicyclic) bond motifs is 2. The summed E-state index contributed by atoms with van der Waals surface area (Å²) >= 11 is 6.06. The first kappa shape index (κ1) is 33.5. The second-order valence-corrected chi connectivity index (χ2v) is 10.9. The average Bonchev–Trinajstić information content (AvgIpc) is 3.45. The summed E-state index contributed by atoms with van der Waals surface area (Å²) in [6.45, 7) is 0. The summed E-state index contributed by atoms with van der Waals surface area (Å²) in [7, 11) is 1.04. The number of hydrogen-bond donors (Lipinski definition) is 6. The third-order valence-corrected chi connectivity index (χ3v) is 7.40. The van der Waals surface area contributed by atoms with Gasteiger partial charge in [0.2, 0.25) is 11.8 Å². The molecule has 4 rings (SSSR count). The first-order valence-electron chi connectivity index (χ1n) is 14.1. The number of amides is 3. The molecule has 0 aliphatic rings. The molecule has 0 fully saturated rings. The monoisotopic (exact) mass is 650 g/mol. The summed E-state index contributed by atoms with van der Waals surface area (Å²) in [6.07, 6.45) is -1.73. The molecule has 0 radical (unpaired) electrons. The largest absolute Gasteiger partial charge is 0.481 e. The number of esters is 1. The molecule has 240 valence electrons. The van der Waals surface area contributed by atoms with Gasteiger partial charge < -0.3 is 35.9 Å². The Kier molecular flexibility index (Phi) is 10.9. The van der Waals surface area contributed by atoms with Crippen LogP contribution in [0.5, 0.6) is 0 Å². The van der Waals surface area contributed by atoms with Crippen molar-refractivity contribution in [2.45, 2.75) is 43.8 Å². The Labute approximate surface area is 267 Å². The van der Waals surface area contributed by atoms with E-state index in [2.05, 4.69) is 25.7 Å². The molecule has 14 heteroatoms. The molecule has 3 aromatic carbocycles. The highest BCUT2D eigenvalue weighted by molar-refractivity contribution is 6.31. The maximum Gasteiger partial charge on any atom is 0.328 e. The van der Waals surface area contributed by atoms with Crippen LogP contribution in [0.3, 0.4) is 0 Å². The van der Waals surface area contributed by atoms with Crippen LogP contribution >= 0.6 is 11.6 Å². The smallest absolute Gasteiger partial charge is 0.328 e. The van der Waals surface area contributed by atoms with Crippen molar-refractivity contribution in [3.63, 3.8) is 0 Å². The van der Waals surface area contributed by atoms with E-state index >= 15 is 0 Å². The summed E-state index contributed by atoms with van der Waals surface area (Å²) in [4.78, 5) is 78.0. The number of aromatic amines is 1. The zero-order chi connectivity index (χ0) is 33.4. The standard InChI is InChI=1S/C32H31ClN4O9/c1-46-32(45)22(10-11-27(38)39)35-31(44)26(16-28(40)41)37-29(42)24(13-17-6-7-18-4-2-3-5-19(18)12-17)36-30(43)25-14-20-8-9-21(33)15-23(20)34-25/h2-9,12,14-15,22,24,26,34H,10-11,13,16H2,1H3,(H,35,44)(H,36,43)(H,37,42)(H,38,39)(H,40,41)/t22-,24-,26-/m0/s1. The van der Waals surface area contributed by atoms with E-state index in [-0.39, 0.29) is 18.5 Å². The van der Waals surface area contributed by atoms with Crippen molar-refractivity contribution in [1.82, 2.24) is 20.9 Å². The van der Waals surface area contributed by atoms with Crippen LogP contribution in [0.2, 0.25) is 5.02 Å². The van der Waals surface area contributed by atoms with Gasteiger partial charge in [-0.15, -0.1) is 0 Å². The van der Waals surface area contributed by atoms with Gasteiger partial charge >= 0.3 is 17.9 Å². The number of aromatic nitrogens is 1. The fraction of sp³-hybridized carbons (Fsp3) is 0.250. The molecule has 0 spiro atoms. The van der Waals surface area contributed by atoms with Crippen molar-refractivity contribution in [2.24, 2.45) is 0 Å². The van der Waals surface area contributed by atoms with Crippen LogP contribution in [0.4, 0.5) is 0 Å². The highest BCUT2D eigenvalue weighted by Crippen LogP contribution is 2.21. The van der Waals surface area contributed by atoms with E-state index in [9.17, 15) is 33.9 Å². The Hall–Kier alpha value is -5.43. The first-order valence-corrected chi connectivity index (χ1v) is 14.5. The summed E-state index contributed by atoms with van der Waals surface area (Å²) in [5.74, 6) is -6.19. The highest BCUT2D eigenvalue weighted by Gasteiger charge is 2.32. The van der Waals surface area contributed by atoms with Crippen LogP contribution in [0.15, 0.2) is 66.7 Å². The number of H-pyrrole nitrogens is 1. The van der Waals surface area contributed by atoms with E-state index in [1.807, 2.05) is 36.4 Å². The number of ether oxygens (including phenoxy) is 1. The van der Waals surface area contributed by atoms with Gasteiger partial charge in [-0.25, -0.2) is 4.79 Å². The zero-order valence-corrected chi connectivity index (χ0v) is 25.3. The van der Waals surface area contributed by atoms with Gasteiger partial charge in [-0.3, -0.25) is 24.0 Å². The maximum absolute atomic E-state index is 13.7. The minimum absolute atomic E-state index is 0.0285. The van der Waals surface area contributed by atoms with Gasteiger partial charge in [0.15, 0.2) is 0 Å². The number of benzene rings is 3. The molecule has 0 saturated heterocycles. The Morgan fingerprint density at radius 1 is 0.783 bits per heavy atom. The summed E-state index contributed by atoms with van der Waals surface area (Å²) in [5.41, 5.74) is 1.39. The molecule has 13 nitrogen and oxygen atoms in total. The van der Waals surface area contributed by atoms with Crippen LogP contribution in [0.1, 0.15) is 35.3 Å². The number of rotatable bonds is 14. The van der Waals surface area contributed by atoms with Gasteiger partial charge in [0.25, 0.3) is 5.91 Å². The van der Waals surface area contributed by atoms with E-state index in [0.717, 1.165) is 17.9 Å². The Morgan fingerprint density at radius 2 is 1.46 bits per heavy atom. The Balaban J connectivity index is 1.60. The molecule has 3 amide bonds. The molecular formula is C32H31ClN4O9. The number of carboxylic acid groups (broad SMARTS) is 2. The third kappa shape index (κ3) is 8.82. The number of nitrogens with one attached hydrogen (secondary N) is 4. The predicted octanol–water partition coefficient (Wildman–Crippen LogP) is 2.80. The molecule has 0 aliphatic heterocycles. The number of carboxylic acids is 2. The highest BCUT2D eigenvalue weighted by atomic mass is 35.5. The molecule has 6 N–H and O–H groups in total. The van der Waals surface area contributed by atoms with Crippen molar-refractivity contribution in [2.75, 3.05) is 7.11 Å². The molecule has 3 atom stereocenters. The van der Waals surface area contributed by atoms with Gasteiger partial charge in [-0.2, -0.15) is 0 Å². The van der Waals surface area contributed by atoms with Gasteiger partial charge in [-0.05, 0) is 41.0 Å². The van der Waals surface area contributed by atoms with Gasteiger partial charge in [0.05, 0.1) is 13.5 Å². The Bertz CT molecular complexity index is 1800. The second-order valence-electron chi connectivity index (χ2n) is 10.5. The molecule has 46 heavy (non-hydrogen) atoms. The normalized spacial score (nSPS) is 12.9. The molecule has 0 saturated carbocycles. The fourth-order valence-corrected chi connectivity index (χ4v) is 5.03. The number of methoxy groups -OCH3 is 1. The SMILES string of the molecule is COC(=O)[C@H](CCC(=O)O)NC(=O)[C@H](CC(=O)O)NC(=O)[C@H](Cc1ccc2ccccc2c1)NC(=O)c1cc2ccc(Cl)cc2[nH]1. The van der Waals surface area contributed by atoms with Crippen molar-refractivity contribution in [3.8, 4) is 0 Å². The molecule has 1 heterocycles. The second kappa shape index (κ2) is 15.0. The fourth-order valence-electron chi connectivity index (χ4n) is 4.86. The molecule has 0 aliphatic carbocycles. The van der Waals surface area contributed by atoms with E-state index in [4.69, 9.17) is 16.7 Å². The number of halogens is 1. The molecule has 1 aromatic heterocycles. The number of hydrogen-bond acceptors (Lipinski definition) is 7. The predicted molar refractivity (Wildman–Crippen MR) is 167 cm³/mol. The first-order chi connectivity index (χ1) is 21.9. The zero-order valence-electron chi connectivity index (χ0n) is 24.5. The lowest BCUT2D eigenvalue weighted by molar-refractivity contribution is -0.146. The molecule has 0 unspecified atom stereocenters. The summed E-state index contributed by atoms with van der Waals surface area (Å²) < 4.78 is 4.63. The molecule has 4 aromatic rings. The van der Waals surface area contributed by atoms with Crippen LogP contribution in [0.25, 0.3) is 21.7 Å². The third-order valence-electron chi connectivity index (χ3n) is 7.17. The topological polar surface area (TPSA) is 204 Å². The van der Waals surface area contributed by atoms with E-state index in [1.165, 1.54) is 0 Å². The van der Waals surface area contributed by atoms with Gasteiger partial charge in [0.1, 0.15) is 23.8 Å². The maximum atomic E-state index is 13.7. The van der Waals surface area contributed by atoms with Crippen molar-refractivity contribution in [3.05, 3.63) is 83.0 Å². The quantitative estimate of drug-likeness (QED) is 0.111. The van der Waals surface area contributed by atoms with Crippen molar-refractivity contribution < 1.29 is 43.7 Å². The van der Waals surface area contributed by atoms with Gasteiger partial charge in [0, 0.05) is 28.8 Å². The summed E-state index contributed by atoms with van der Waals surface area (Å²) in [6, 6.07) is 15.2. The lowest BCUT2D eigenvalue weighted by atomic mass is 10.0. The minimum atomic E-state index is -1.69. The van der Waals surface area contributed by atoms with E-state index in [0.29, 0.717) is 21.5 Å². The molecular weight excluding hydrogens is 620 g/mol. The van der Waals surface area contributed by atoms with E-state index in [1.54, 1.807) is 30.3 Å². The van der Waals surface area contributed by atoms with Crippen molar-refractivity contribution in [1.29, 1.82) is 0 Å². The summed E-state index contributed by atoms with van der Waals surface area (Å²) in [5, 5.41) is 28.8. The Morgan fingerprint density at radius 3 is 2.15 bits per heavy atom. The van der Waals surface area contributed by atoms with Crippen LogP contribution in [-0.2, 0) is 35.1 Å².